The first-order valence-electron chi connectivity index (χ1n) is 6.58. The summed E-state index contributed by atoms with van der Waals surface area (Å²) in [6.45, 7) is 1.87. The van der Waals surface area contributed by atoms with Crippen molar-refractivity contribution in [1.82, 2.24) is 19.1 Å². The summed E-state index contributed by atoms with van der Waals surface area (Å²) in [7, 11) is 1.26. The van der Waals surface area contributed by atoms with Crippen molar-refractivity contribution in [3.63, 3.8) is 0 Å². The first-order valence-corrected chi connectivity index (χ1v) is 8.40. The number of hydrogen-bond donors (Lipinski definition) is 0. The molecule has 3 rings (SSSR count). The Morgan fingerprint density at radius 3 is 2.59 bits per heavy atom. The SMILES string of the molecule is Cc1nn(C)c2nc3cc(S(=O)(=O)N(C)C)ccc3c(Cl)c12. The summed E-state index contributed by atoms with van der Waals surface area (Å²) in [5.41, 5.74) is 1.96. The van der Waals surface area contributed by atoms with Crippen LogP contribution in [-0.2, 0) is 17.1 Å². The van der Waals surface area contributed by atoms with Crippen molar-refractivity contribution in [3.05, 3.63) is 28.9 Å². The van der Waals surface area contributed by atoms with Crippen LogP contribution in [0.4, 0.5) is 0 Å². The lowest BCUT2D eigenvalue weighted by Crippen LogP contribution is -2.22. The van der Waals surface area contributed by atoms with Crippen molar-refractivity contribution < 1.29 is 8.42 Å². The van der Waals surface area contributed by atoms with Crippen LogP contribution in [-0.4, -0.2) is 41.6 Å². The molecule has 0 aliphatic rings. The molecule has 0 spiro atoms. The van der Waals surface area contributed by atoms with Crippen LogP contribution in [0.15, 0.2) is 23.1 Å². The fourth-order valence-electron chi connectivity index (χ4n) is 2.44. The normalized spacial score (nSPS) is 12.6. The summed E-state index contributed by atoms with van der Waals surface area (Å²) < 4.78 is 27.3. The minimum atomic E-state index is -3.51. The molecule has 3 aromatic rings. The molecule has 0 saturated heterocycles. The molecule has 0 bridgehead atoms. The highest BCUT2D eigenvalue weighted by Gasteiger charge is 2.20. The van der Waals surface area contributed by atoms with Crippen LogP contribution in [0.2, 0.25) is 5.02 Å². The van der Waals surface area contributed by atoms with Gasteiger partial charge in [0.2, 0.25) is 10.0 Å². The predicted molar refractivity (Wildman–Crippen MR) is 86.6 cm³/mol. The maximum Gasteiger partial charge on any atom is 0.242 e. The summed E-state index contributed by atoms with van der Waals surface area (Å²) in [5, 5.41) is 6.36. The van der Waals surface area contributed by atoms with E-state index < -0.39 is 10.0 Å². The Morgan fingerprint density at radius 2 is 1.95 bits per heavy atom. The van der Waals surface area contributed by atoms with Crippen molar-refractivity contribution in [2.75, 3.05) is 14.1 Å². The molecule has 2 aromatic heterocycles. The standard InChI is InChI=1S/C14H15ClN4O2S/c1-8-12-13(15)10-6-5-9(22(20,21)18(2)3)7-11(10)16-14(12)19(4)17-8/h5-7H,1-4H3. The Labute approximate surface area is 133 Å². The third-order valence-corrected chi connectivity index (χ3v) is 5.83. The van der Waals surface area contributed by atoms with E-state index in [9.17, 15) is 8.42 Å². The minimum Gasteiger partial charge on any atom is -0.250 e. The number of nitrogens with zero attached hydrogens (tertiary/aromatic N) is 4. The van der Waals surface area contributed by atoms with E-state index in [0.29, 0.717) is 21.6 Å². The van der Waals surface area contributed by atoms with Gasteiger partial charge in [-0.05, 0) is 25.1 Å². The monoisotopic (exact) mass is 338 g/mol. The number of halogens is 1. The molecule has 0 fully saturated rings. The van der Waals surface area contributed by atoms with E-state index in [4.69, 9.17) is 11.6 Å². The van der Waals surface area contributed by atoms with Gasteiger partial charge in [-0.25, -0.2) is 17.7 Å². The van der Waals surface area contributed by atoms with Gasteiger partial charge in [0.15, 0.2) is 5.65 Å². The number of benzene rings is 1. The summed E-state index contributed by atoms with van der Waals surface area (Å²) in [4.78, 5) is 4.71. The zero-order chi connectivity index (χ0) is 16.2. The maximum atomic E-state index is 12.2. The molecule has 0 radical (unpaired) electrons. The maximum absolute atomic E-state index is 12.2. The van der Waals surface area contributed by atoms with E-state index in [1.54, 1.807) is 29.9 Å². The van der Waals surface area contributed by atoms with E-state index in [1.165, 1.54) is 18.4 Å². The third-order valence-electron chi connectivity index (χ3n) is 3.62. The molecule has 22 heavy (non-hydrogen) atoms. The van der Waals surface area contributed by atoms with Crippen LogP contribution in [0.25, 0.3) is 21.9 Å². The molecule has 0 unspecified atom stereocenters. The largest absolute Gasteiger partial charge is 0.250 e. The predicted octanol–water partition coefficient (Wildman–Crippen LogP) is 2.33. The van der Waals surface area contributed by atoms with Gasteiger partial charge in [-0.1, -0.05) is 11.6 Å². The number of fused-ring (bicyclic) bond motifs is 2. The van der Waals surface area contributed by atoms with E-state index in [2.05, 4.69) is 10.1 Å². The average Bonchev–Trinajstić information content (AvgIpc) is 2.73. The molecule has 0 aliphatic heterocycles. The van der Waals surface area contributed by atoms with Crippen molar-refractivity contribution >= 4 is 43.6 Å². The number of hydrogen-bond acceptors (Lipinski definition) is 4. The Hall–Kier alpha value is -1.70. The summed E-state index contributed by atoms with van der Waals surface area (Å²) >= 11 is 6.47. The van der Waals surface area contributed by atoms with Crippen molar-refractivity contribution in [2.45, 2.75) is 11.8 Å². The molecule has 0 N–H and O–H groups in total. The molecule has 0 aliphatic carbocycles. The second kappa shape index (κ2) is 4.91. The molecule has 8 heteroatoms. The molecule has 0 atom stereocenters. The molecular weight excluding hydrogens is 324 g/mol. The van der Waals surface area contributed by atoms with Gasteiger partial charge < -0.3 is 0 Å². The summed E-state index contributed by atoms with van der Waals surface area (Å²) in [5.74, 6) is 0. The highest BCUT2D eigenvalue weighted by atomic mass is 35.5. The average molecular weight is 339 g/mol. The zero-order valence-corrected chi connectivity index (χ0v) is 14.2. The smallest absolute Gasteiger partial charge is 0.242 e. The fourth-order valence-corrected chi connectivity index (χ4v) is 3.74. The van der Waals surface area contributed by atoms with Crippen molar-refractivity contribution in [1.29, 1.82) is 0 Å². The quantitative estimate of drug-likeness (QED) is 0.719. The molecule has 0 amide bonds. The Bertz CT molecular complexity index is 1010. The van der Waals surface area contributed by atoms with Crippen LogP contribution < -0.4 is 0 Å². The number of aromatic nitrogens is 3. The van der Waals surface area contributed by atoms with Crippen LogP contribution in [0.5, 0.6) is 0 Å². The highest BCUT2D eigenvalue weighted by molar-refractivity contribution is 7.89. The lowest BCUT2D eigenvalue weighted by molar-refractivity contribution is 0.521. The molecule has 1 aromatic carbocycles. The second-order valence-electron chi connectivity index (χ2n) is 5.30. The van der Waals surface area contributed by atoms with Gasteiger partial charge in [-0.3, -0.25) is 4.68 Å². The lowest BCUT2D eigenvalue weighted by atomic mass is 10.1. The topological polar surface area (TPSA) is 68.1 Å². The van der Waals surface area contributed by atoms with Gasteiger partial charge in [0.25, 0.3) is 0 Å². The Kier molecular flexibility index (Phi) is 3.39. The van der Waals surface area contributed by atoms with E-state index >= 15 is 0 Å². The lowest BCUT2D eigenvalue weighted by Gasteiger charge is -2.12. The molecular formula is C14H15ClN4O2S. The van der Waals surface area contributed by atoms with Gasteiger partial charge >= 0.3 is 0 Å². The minimum absolute atomic E-state index is 0.187. The third kappa shape index (κ3) is 2.08. The zero-order valence-electron chi connectivity index (χ0n) is 12.6. The van der Waals surface area contributed by atoms with Crippen molar-refractivity contribution in [2.24, 2.45) is 7.05 Å². The van der Waals surface area contributed by atoms with E-state index in [0.717, 1.165) is 11.1 Å². The van der Waals surface area contributed by atoms with Crippen LogP contribution in [0, 0.1) is 6.92 Å². The first kappa shape index (κ1) is 15.2. The number of aryl methyl sites for hydroxylation is 2. The van der Waals surface area contributed by atoms with Gasteiger partial charge in [0.1, 0.15) is 0 Å². The van der Waals surface area contributed by atoms with Crippen LogP contribution in [0.1, 0.15) is 5.69 Å². The molecule has 6 nitrogen and oxygen atoms in total. The van der Waals surface area contributed by atoms with Crippen molar-refractivity contribution in [3.8, 4) is 0 Å². The van der Waals surface area contributed by atoms with Gasteiger partial charge in [0.05, 0.1) is 26.5 Å². The van der Waals surface area contributed by atoms with Crippen LogP contribution >= 0.6 is 11.6 Å². The molecule has 0 saturated carbocycles. The van der Waals surface area contributed by atoms with Gasteiger partial charge in [-0.2, -0.15) is 5.10 Å². The highest BCUT2D eigenvalue weighted by Crippen LogP contribution is 2.33. The van der Waals surface area contributed by atoms with Gasteiger partial charge in [0, 0.05) is 26.5 Å². The Morgan fingerprint density at radius 1 is 1.27 bits per heavy atom. The summed E-state index contributed by atoms with van der Waals surface area (Å²) in [6, 6.07) is 4.77. The van der Waals surface area contributed by atoms with Crippen LogP contribution in [0.3, 0.4) is 0 Å². The fraction of sp³-hybridized carbons (Fsp3) is 0.286. The second-order valence-corrected chi connectivity index (χ2v) is 7.83. The number of rotatable bonds is 2. The number of pyridine rings is 1. The Balaban J connectivity index is 2.39. The molecule has 2 heterocycles. The molecule has 116 valence electrons. The van der Waals surface area contributed by atoms with E-state index in [-0.39, 0.29) is 4.90 Å². The summed E-state index contributed by atoms with van der Waals surface area (Å²) in [6.07, 6.45) is 0. The van der Waals surface area contributed by atoms with Gasteiger partial charge in [-0.15, -0.1) is 0 Å². The first-order chi connectivity index (χ1) is 10.2. The van der Waals surface area contributed by atoms with E-state index in [1.807, 2.05) is 6.92 Å². The number of sulfonamides is 1.